The average Bonchev–Trinajstić information content (AvgIpc) is 2.86. The number of aliphatic hydroxyl groups is 1. The molecule has 172 valence electrons. The number of amides is 1. The van der Waals surface area contributed by atoms with Gasteiger partial charge in [0.1, 0.15) is 0 Å². The van der Waals surface area contributed by atoms with E-state index >= 15 is 0 Å². The van der Waals surface area contributed by atoms with Crippen LogP contribution >= 0.6 is 0 Å². The maximum atomic E-state index is 13.1. The minimum absolute atomic E-state index is 0.154. The van der Waals surface area contributed by atoms with Crippen LogP contribution < -0.4 is 0 Å². The zero-order valence-electron chi connectivity index (χ0n) is 18.4. The third-order valence-corrected chi connectivity index (χ3v) is 8.35. The number of piperazine rings is 1. The van der Waals surface area contributed by atoms with E-state index in [1.807, 2.05) is 54.6 Å². The standard InChI is InChI=1S/C27H24N2O4S/c30-19-25-27(22-15-13-21(14-16-22)12-11-20-7-3-1-4-8-20)24-17-28(18-26(31)29(24)25)34(32,33)23-9-5-2-6-10-23/h1-10,13-16,24-25,27,30H,17-19H2/t24-,25-,27+/m1/s1. The predicted octanol–water partition coefficient (Wildman–Crippen LogP) is 2.45. The minimum Gasteiger partial charge on any atom is -0.394 e. The quantitative estimate of drug-likeness (QED) is 0.592. The van der Waals surface area contributed by atoms with Crippen LogP contribution in [0.5, 0.6) is 0 Å². The molecule has 0 saturated carbocycles. The van der Waals surface area contributed by atoms with Gasteiger partial charge >= 0.3 is 0 Å². The lowest BCUT2D eigenvalue weighted by Crippen LogP contribution is -2.73. The highest BCUT2D eigenvalue weighted by Crippen LogP contribution is 2.43. The Hall–Kier alpha value is -3.44. The summed E-state index contributed by atoms with van der Waals surface area (Å²) in [4.78, 5) is 14.7. The molecule has 2 heterocycles. The number of nitrogens with zero attached hydrogens (tertiary/aromatic N) is 2. The molecule has 1 amide bonds. The highest BCUT2D eigenvalue weighted by Gasteiger charge is 2.55. The normalized spacial score (nSPS) is 22.3. The van der Waals surface area contributed by atoms with Gasteiger partial charge in [-0.15, -0.1) is 0 Å². The molecule has 1 N–H and O–H groups in total. The summed E-state index contributed by atoms with van der Waals surface area (Å²) in [5.41, 5.74) is 2.75. The molecular formula is C27H24N2O4S. The van der Waals surface area contributed by atoms with E-state index in [9.17, 15) is 18.3 Å². The fraction of sp³-hybridized carbons (Fsp3) is 0.222. The molecule has 0 unspecified atom stereocenters. The van der Waals surface area contributed by atoms with Gasteiger partial charge in [-0.3, -0.25) is 4.79 Å². The van der Waals surface area contributed by atoms with Crippen LogP contribution in [0.4, 0.5) is 0 Å². The van der Waals surface area contributed by atoms with E-state index in [4.69, 9.17) is 0 Å². The molecule has 6 nitrogen and oxygen atoms in total. The van der Waals surface area contributed by atoms with Crippen molar-refractivity contribution in [2.75, 3.05) is 19.7 Å². The van der Waals surface area contributed by atoms with Crippen molar-refractivity contribution in [3.63, 3.8) is 0 Å². The van der Waals surface area contributed by atoms with Gasteiger partial charge in [0.15, 0.2) is 0 Å². The molecule has 0 radical (unpaired) electrons. The Kier molecular flexibility index (Phi) is 5.96. The summed E-state index contributed by atoms with van der Waals surface area (Å²) in [7, 11) is -3.78. The summed E-state index contributed by atoms with van der Waals surface area (Å²) in [5, 5.41) is 10.00. The summed E-state index contributed by atoms with van der Waals surface area (Å²) in [6.45, 7) is -0.196. The van der Waals surface area contributed by atoms with Crippen LogP contribution in [0, 0.1) is 11.8 Å². The lowest BCUT2D eigenvalue weighted by molar-refractivity contribution is -0.158. The molecule has 3 aromatic rings. The molecule has 3 atom stereocenters. The molecule has 0 aromatic heterocycles. The van der Waals surface area contributed by atoms with Gasteiger partial charge in [-0.05, 0) is 42.0 Å². The van der Waals surface area contributed by atoms with Crippen LogP contribution in [0.1, 0.15) is 22.6 Å². The van der Waals surface area contributed by atoms with Crippen molar-refractivity contribution >= 4 is 15.9 Å². The number of rotatable bonds is 4. The first-order valence-electron chi connectivity index (χ1n) is 11.1. The molecule has 0 bridgehead atoms. The topological polar surface area (TPSA) is 77.9 Å². The first kappa shape index (κ1) is 22.4. The molecule has 0 aliphatic carbocycles. The van der Waals surface area contributed by atoms with Crippen LogP contribution in [0.25, 0.3) is 0 Å². The van der Waals surface area contributed by atoms with Gasteiger partial charge in [0.2, 0.25) is 15.9 Å². The Morgan fingerprint density at radius 1 is 0.853 bits per heavy atom. The molecule has 5 rings (SSSR count). The summed E-state index contributed by atoms with van der Waals surface area (Å²) < 4.78 is 27.5. The van der Waals surface area contributed by atoms with Crippen molar-refractivity contribution < 1.29 is 18.3 Å². The molecule has 2 saturated heterocycles. The second-order valence-electron chi connectivity index (χ2n) is 8.49. The minimum atomic E-state index is -3.78. The molecular weight excluding hydrogens is 448 g/mol. The molecule has 0 spiro atoms. The second-order valence-corrected chi connectivity index (χ2v) is 10.4. The largest absolute Gasteiger partial charge is 0.394 e. The number of benzene rings is 3. The number of fused-ring (bicyclic) bond motifs is 1. The van der Waals surface area contributed by atoms with Crippen LogP contribution in [0.3, 0.4) is 0 Å². The van der Waals surface area contributed by atoms with Crippen LogP contribution in [0.2, 0.25) is 0 Å². The van der Waals surface area contributed by atoms with Crippen molar-refractivity contribution in [2.24, 2.45) is 0 Å². The summed E-state index contributed by atoms with van der Waals surface area (Å²) in [6.07, 6.45) is 0. The van der Waals surface area contributed by atoms with Crippen molar-refractivity contribution in [3.8, 4) is 11.8 Å². The number of sulfonamides is 1. The third-order valence-electron chi connectivity index (χ3n) is 6.52. The smallest absolute Gasteiger partial charge is 0.243 e. The average molecular weight is 473 g/mol. The van der Waals surface area contributed by atoms with Crippen molar-refractivity contribution in [1.82, 2.24) is 9.21 Å². The van der Waals surface area contributed by atoms with Gasteiger partial charge in [0.05, 0.1) is 30.1 Å². The lowest BCUT2D eigenvalue weighted by atomic mass is 9.74. The van der Waals surface area contributed by atoms with Gasteiger partial charge in [0, 0.05) is 23.6 Å². The molecule has 3 aromatic carbocycles. The summed E-state index contributed by atoms with van der Waals surface area (Å²) >= 11 is 0. The Bertz CT molecular complexity index is 1350. The first-order chi connectivity index (χ1) is 16.5. The van der Waals surface area contributed by atoms with Crippen molar-refractivity contribution in [2.45, 2.75) is 22.9 Å². The SMILES string of the molecule is O=C1CN(S(=O)(=O)c2ccccc2)C[C@@H]2[C@H](c3ccc(C#Cc4ccccc4)cc3)[C@@H](CO)N12. The van der Waals surface area contributed by atoms with Crippen LogP contribution in [0.15, 0.2) is 89.8 Å². The number of hydrogen-bond acceptors (Lipinski definition) is 4. The number of carbonyl (C=O) groups is 1. The Morgan fingerprint density at radius 2 is 1.44 bits per heavy atom. The fourth-order valence-electron chi connectivity index (χ4n) is 4.85. The third kappa shape index (κ3) is 4.01. The first-order valence-corrected chi connectivity index (χ1v) is 12.6. The van der Waals surface area contributed by atoms with E-state index in [0.29, 0.717) is 0 Å². The van der Waals surface area contributed by atoms with Crippen LogP contribution in [-0.4, -0.2) is 60.4 Å². The lowest BCUT2D eigenvalue weighted by Gasteiger charge is -2.58. The Labute approximate surface area is 199 Å². The zero-order chi connectivity index (χ0) is 23.7. The van der Waals surface area contributed by atoms with Gasteiger partial charge in [-0.25, -0.2) is 8.42 Å². The molecule has 2 aliphatic heterocycles. The molecule has 34 heavy (non-hydrogen) atoms. The molecule has 2 aliphatic rings. The number of aliphatic hydroxyl groups excluding tert-OH is 1. The van der Waals surface area contributed by atoms with Gasteiger partial charge < -0.3 is 10.0 Å². The van der Waals surface area contributed by atoms with Gasteiger partial charge in [0.25, 0.3) is 0 Å². The van der Waals surface area contributed by atoms with E-state index in [1.165, 1.54) is 16.4 Å². The van der Waals surface area contributed by atoms with E-state index in [1.54, 1.807) is 23.1 Å². The molecule has 7 heteroatoms. The Morgan fingerprint density at radius 3 is 2.06 bits per heavy atom. The van der Waals surface area contributed by atoms with Gasteiger partial charge in [-0.2, -0.15) is 4.31 Å². The van der Waals surface area contributed by atoms with E-state index in [-0.39, 0.29) is 48.5 Å². The fourth-order valence-corrected chi connectivity index (χ4v) is 6.28. The monoisotopic (exact) mass is 472 g/mol. The number of hydrogen-bond donors (Lipinski definition) is 1. The van der Waals surface area contributed by atoms with E-state index in [2.05, 4.69) is 11.8 Å². The number of carbonyl (C=O) groups excluding carboxylic acids is 1. The zero-order valence-corrected chi connectivity index (χ0v) is 19.2. The van der Waals surface area contributed by atoms with Gasteiger partial charge in [-0.1, -0.05) is 60.4 Å². The van der Waals surface area contributed by atoms with Crippen molar-refractivity contribution in [1.29, 1.82) is 0 Å². The van der Waals surface area contributed by atoms with E-state index < -0.39 is 10.0 Å². The van der Waals surface area contributed by atoms with Crippen molar-refractivity contribution in [3.05, 3.63) is 102 Å². The summed E-state index contributed by atoms with van der Waals surface area (Å²) in [6, 6.07) is 25.0. The molecule has 2 fully saturated rings. The second kappa shape index (κ2) is 9.07. The maximum Gasteiger partial charge on any atom is 0.243 e. The Balaban J connectivity index is 1.38. The highest BCUT2D eigenvalue weighted by atomic mass is 32.2. The highest BCUT2D eigenvalue weighted by molar-refractivity contribution is 7.89. The summed E-state index contributed by atoms with van der Waals surface area (Å²) in [5.74, 6) is 5.84. The van der Waals surface area contributed by atoms with Crippen LogP contribution in [-0.2, 0) is 14.8 Å². The van der Waals surface area contributed by atoms with E-state index in [0.717, 1.165) is 16.7 Å². The predicted molar refractivity (Wildman–Crippen MR) is 128 cm³/mol. The maximum absolute atomic E-state index is 13.1.